The summed E-state index contributed by atoms with van der Waals surface area (Å²) < 4.78 is 24.4. The lowest BCUT2D eigenvalue weighted by atomic mass is 9.89. The van der Waals surface area contributed by atoms with Gasteiger partial charge in [-0.3, -0.25) is 0 Å². The molecule has 0 spiro atoms. The summed E-state index contributed by atoms with van der Waals surface area (Å²) in [6, 6.07) is 0. The van der Waals surface area contributed by atoms with Crippen LogP contribution in [-0.4, -0.2) is 60.9 Å². The van der Waals surface area contributed by atoms with Crippen molar-refractivity contribution in [1.29, 1.82) is 0 Å². The van der Waals surface area contributed by atoms with Crippen LogP contribution >= 0.6 is 0 Å². The van der Waals surface area contributed by atoms with Gasteiger partial charge in [-0.15, -0.1) is 11.8 Å². The molecule has 2 saturated heterocycles. The molecule has 6 nitrogen and oxygen atoms in total. The first-order valence-corrected chi connectivity index (χ1v) is 13.1. The molecule has 0 bridgehead atoms. The van der Waals surface area contributed by atoms with Crippen LogP contribution in [0.15, 0.2) is 12.2 Å². The molecule has 2 unspecified atom stereocenters. The molecular formula is C27H44O6. The molecule has 1 aliphatic carbocycles. The van der Waals surface area contributed by atoms with Crippen molar-refractivity contribution in [2.45, 2.75) is 109 Å². The highest BCUT2D eigenvalue weighted by Crippen LogP contribution is 2.39. The quantitative estimate of drug-likeness (QED) is 0.373. The normalized spacial score (nSPS) is 34.7. The van der Waals surface area contributed by atoms with Crippen LogP contribution in [0.5, 0.6) is 0 Å². The van der Waals surface area contributed by atoms with E-state index in [1.807, 2.05) is 0 Å². The van der Waals surface area contributed by atoms with Crippen molar-refractivity contribution in [2.75, 3.05) is 19.8 Å². The summed E-state index contributed by atoms with van der Waals surface area (Å²) in [5.74, 6) is 6.60. The van der Waals surface area contributed by atoms with E-state index in [4.69, 9.17) is 18.9 Å². The second-order valence-corrected chi connectivity index (χ2v) is 9.70. The zero-order chi connectivity index (χ0) is 23.5. The maximum absolute atomic E-state index is 10.7. The predicted octanol–water partition coefficient (Wildman–Crippen LogP) is 4.19. The third-order valence-corrected chi connectivity index (χ3v) is 7.08. The molecule has 3 fully saturated rings. The van der Waals surface area contributed by atoms with E-state index in [-0.39, 0.29) is 49.1 Å². The Bertz CT molecular complexity index is 628. The zero-order valence-corrected chi connectivity index (χ0v) is 20.5. The summed E-state index contributed by atoms with van der Waals surface area (Å²) in [4.78, 5) is 0. The van der Waals surface area contributed by atoms with E-state index >= 15 is 0 Å². The molecule has 0 aromatic carbocycles. The third kappa shape index (κ3) is 8.35. The van der Waals surface area contributed by atoms with Crippen LogP contribution in [0, 0.1) is 29.6 Å². The molecule has 188 valence electrons. The van der Waals surface area contributed by atoms with Crippen LogP contribution < -0.4 is 0 Å². The van der Waals surface area contributed by atoms with Crippen molar-refractivity contribution in [3.8, 4) is 11.8 Å². The molecule has 1 saturated carbocycles. The molecule has 6 heteroatoms. The molecular weight excluding hydrogens is 420 g/mol. The van der Waals surface area contributed by atoms with Crippen LogP contribution in [0.2, 0.25) is 0 Å². The van der Waals surface area contributed by atoms with E-state index < -0.39 is 6.10 Å². The molecule has 0 aromatic rings. The van der Waals surface area contributed by atoms with E-state index in [2.05, 4.69) is 37.8 Å². The van der Waals surface area contributed by atoms with Crippen LogP contribution in [0.3, 0.4) is 0 Å². The van der Waals surface area contributed by atoms with E-state index in [0.717, 1.165) is 64.6 Å². The van der Waals surface area contributed by atoms with Crippen molar-refractivity contribution in [3.63, 3.8) is 0 Å². The van der Waals surface area contributed by atoms with Crippen molar-refractivity contribution in [3.05, 3.63) is 12.2 Å². The number of ether oxygens (including phenoxy) is 4. The van der Waals surface area contributed by atoms with Gasteiger partial charge in [0.1, 0.15) is 0 Å². The second-order valence-electron chi connectivity index (χ2n) is 9.70. The number of aliphatic hydroxyl groups excluding tert-OH is 2. The summed E-state index contributed by atoms with van der Waals surface area (Å²) in [5, 5.41) is 20.3. The Kier molecular flexibility index (Phi) is 11.7. The molecule has 2 heterocycles. The Morgan fingerprint density at radius 1 is 1.06 bits per heavy atom. The Balaban J connectivity index is 1.72. The molecule has 2 N–H and O–H groups in total. The first kappa shape index (κ1) is 26.7. The molecule has 3 rings (SSSR count). The van der Waals surface area contributed by atoms with Gasteiger partial charge in [0.15, 0.2) is 12.6 Å². The predicted molar refractivity (Wildman–Crippen MR) is 127 cm³/mol. The highest BCUT2D eigenvalue weighted by atomic mass is 16.7. The summed E-state index contributed by atoms with van der Waals surface area (Å²) in [6.07, 6.45) is 12.1. The van der Waals surface area contributed by atoms with E-state index in [0.29, 0.717) is 12.8 Å². The number of rotatable bonds is 10. The van der Waals surface area contributed by atoms with E-state index in [1.54, 1.807) is 0 Å². The largest absolute Gasteiger partial charge is 0.396 e. The van der Waals surface area contributed by atoms with Gasteiger partial charge in [-0.2, -0.15) is 0 Å². The van der Waals surface area contributed by atoms with Gasteiger partial charge in [-0.25, -0.2) is 0 Å². The second kappa shape index (κ2) is 14.5. The van der Waals surface area contributed by atoms with Crippen molar-refractivity contribution < 1.29 is 29.2 Å². The summed E-state index contributed by atoms with van der Waals surface area (Å²) >= 11 is 0. The van der Waals surface area contributed by atoms with Crippen LogP contribution in [0.4, 0.5) is 0 Å². The summed E-state index contributed by atoms with van der Waals surface area (Å²) in [6.45, 7) is 5.76. The molecule has 0 radical (unpaired) electrons. The molecule has 0 amide bonds. The summed E-state index contributed by atoms with van der Waals surface area (Å²) in [5.41, 5.74) is 0. The average molecular weight is 465 g/mol. The Hall–Kier alpha value is -0.940. The van der Waals surface area contributed by atoms with Crippen molar-refractivity contribution >= 4 is 0 Å². The van der Waals surface area contributed by atoms with Crippen LogP contribution in [0.1, 0.15) is 78.1 Å². The maximum atomic E-state index is 10.7. The average Bonchev–Trinajstić information content (AvgIpc) is 3.12. The maximum Gasteiger partial charge on any atom is 0.158 e. The SMILES string of the molecule is CCC#CC[C@H](C)[C@H](/C=C/[C@@H]1[C@H](CCO)[C@@H](O)C[C@H]1OC1CCCCO1)OC1CCCCO1. The van der Waals surface area contributed by atoms with Gasteiger partial charge < -0.3 is 29.2 Å². The summed E-state index contributed by atoms with van der Waals surface area (Å²) in [7, 11) is 0. The minimum atomic E-state index is -0.491. The van der Waals surface area contributed by atoms with Gasteiger partial charge in [-0.1, -0.05) is 26.0 Å². The van der Waals surface area contributed by atoms with Crippen LogP contribution in [-0.2, 0) is 18.9 Å². The number of hydrogen-bond donors (Lipinski definition) is 2. The minimum Gasteiger partial charge on any atom is -0.396 e. The Labute approximate surface area is 200 Å². The lowest BCUT2D eigenvalue weighted by Gasteiger charge is -2.31. The van der Waals surface area contributed by atoms with Gasteiger partial charge in [0.25, 0.3) is 0 Å². The topological polar surface area (TPSA) is 77.4 Å². The molecule has 33 heavy (non-hydrogen) atoms. The monoisotopic (exact) mass is 464 g/mol. The fourth-order valence-electron chi connectivity index (χ4n) is 5.14. The number of aliphatic hydroxyl groups is 2. The van der Waals surface area contributed by atoms with Gasteiger partial charge in [0.2, 0.25) is 0 Å². The van der Waals surface area contributed by atoms with E-state index in [9.17, 15) is 10.2 Å². The van der Waals surface area contributed by atoms with Gasteiger partial charge in [-0.05, 0) is 56.8 Å². The van der Waals surface area contributed by atoms with Crippen LogP contribution in [0.25, 0.3) is 0 Å². The van der Waals surface area contributed by atoms with Gasteiger partial charge in [0.05, 0.1) is 18.3 Å². The smallest absolute Gasteiger partial charge is 0.158 e. The standard InChI is InChI=1S/C27H44O6/c1-3-4-5-10-20(2)24(32-26-11-6-8-17-30-26)14-13-22-21(15-16-28)23(29)19-25(22)33-27-12-7-9-18-31-27/h13-14,20-29H,3,6-12,15-19H2,1-2H3/b14-13+/t20-,21-,22+,23-,24-,25+,26?,27?/m0/s1. The highest BCUT2D eigenvalue weighted by molar-refractivity contribution is 5.07. The number of hydrogen-bond acceptors (Lipinski definition) is 6. The lowest BCUT2D eigenvalue weighted by molar-refractivity contribution is -0.193. The van der Waals surface area contributed by atoms with Gasteiger partial charge in [0, 0.05) is 45.0 Å². The third-order valence-electron chi connectivity index (χ3n) is 7.08. The molecule has 2 aliphatic heterocycles. The fourth-order valence-corrected chi connectivity index (χ4v) is 5.14. The highest BCUT2D eigenvalue weighted by Gasteiger charge is 2.43. The van der Waals surface area contributed by atoms with E-state index in [1.165, 1.54) is 0 Å². The lowest BCUT2D eigenvalue weighted by Crippen LogP contribution is -2.32. The van der Waals surface area contributed by atoms with Gasteiger partial charge >= 0.3 is 0 Å². The first-order chi connectivity index (χ1) is 16.1. The first-order valence-electron chi connectivity index (χ1n) is 13.1. The van der Waals surface area contributed by atoms with Crippen molar-refractivity contribution in [2.24, 2.45) is 17.8 Å². The Morgan fingerprint density at radius 2 is 1.79 bits per heavy atom. The van der Waals surface area contributed by atoms with Crippen molar-refractivity contribution in [1.82, 2.24) is 0 Å². The zero-order valence-electron chi connectivity index (χ0n) is 20.5. The fraction of sp³-hybridized carbons (Fsp3) is 0.852. The molecule has 8 atom stereocenters. The molecule has 3 aliphatic rings. The molecule has 0 aromatic heterocycles. The minimum absolute atomic E-state index is 0.00461. The Morgan fingerprint density at radius 3 is 2.42 bits per heavy atom.